The van der Waals surface area contributed by atoms with Crippen molar-refractivity contribution in [2.75, 3.05) is 39.6 Å². The van der Waals surface area contributed by atoms with Gasteiger partial charge in [0.25, 0.3) is 0 Å². The predicted octanol–water partition coefficient (Wildman–Crippen LogP) is 22.0. The lowest BCUT2D eigenvalue weighted by Gasteiger charge is -2.21. The van der Waals surface area contributed by atoms with Crippen molar-refractivity contribution in [3.63, 3.8) is 0 Å². The first kappa shape index (κ1) is 93.1. The highest BCUT2D eigenvalue weighted by Crippen LogP contribution is 2.45. The van der Waals surface area contributed by atoms with E-state index in [0.717, 1.165) is 114 Å². The van der Waals surface area contributed by atoms with E-state index in [1.54, 1.807) is 0 Å². The van der Waals surface area contributed by atoms with Crippen molar-refractivity contribution in [1.29, 1.82) is 0 Å². The van der Waals surface area contributed by atoms with Gasteiger partial charge in [0.1, 0.15) is 19.3 Å². The standard InChI is InChI=1S/C76H148O17P2/c1-9-69(8)55-47-39-30-24-18-14-10-11-15-20-26-32-42-50-58-75(80)92-71(62-86-73(78)56-48-40-31-25-19-16-12-13-17-22-28-36-44-52-66(2)3)64-90-94(82,83)88-60-70(77)61-89-95(84,85)91-65-72(63-87-74(79)57-49-41-35-34-38-46-54-68(6)7)93-76(81)59-51-43-33-27-21-23-29-37-45-53-67(4)5/h66-72,77H,9-65H2,1-8H3,(H,82,83)(H,84,85)/t69?,70-,71-,72-/m1/s1. The summed E-state index contributed by atoms with van der Waals surface area (Å²) >= 11 is 0. The Kier molecular flexibility index (Phi) is 64.0. The highest BCUT2D eigenvalue weighted by molar-refractivity contribution is 7.47. The number of ether oxygens (including phenoxy) is 4. The van der Waals surface area contributed by atoms with E-state index in [0.29, 0.717) is 31.6 Å². The molecule has 6 atom stereocenters. The van der Waals surface area contributed by atoms with Gasteiger partial charge in [-0.1, -0.05) is 331 Å². The Hall–Kier alpha value is -1.94. The van der Waals surface area contributed by atoms with Crippen LogP contribution in [0.1, 0.15) is 383 Å². The molecule has 19 heteroatoms. The molecular weight excluding hydrogens is 1250 g/mol. The number of unbranched alkanes of at least 4 members (excludes halogenated alkanes) is 38. The van der Waals surface area contributed by atoms with Crippen LogP contribution in [-0.2, 0) is 65.4 Å². The number of carbonyl (C=O) groups excluding carboxylic acids is 4. The van der Waals surface area contributed by atoms with E-state index in [9.17, 15) is 43.2 Å². The average Bonchev–Trinajstić information content (AvgIpc) is 2.02. The van der Waals surface area contributed by atoms with Crippen molar-refractivity contribution < 1.29 is 80.2 Å². The van der Waals surface area contributed by atoms with Crippen LogP contribution in [0.2, 0.25) is 0 Å². The van der Waals surface area contributed by atoms with Gasteiger partial charge in [0.05, 0.1) is 26.4 Å². The summed E-state index contributed by atoms with van der Waals surface area (Å²) in [4.78, 5) is 72.8. The minimum absolute atomic E-state index is 0.104. The summed E-state index contributed by atoms with van der Waals surface area (Å²) in [6.45, 7) is 14.2. The van der Waals surface area contributed by atoms with Crippen LogP contribution in [0.25, 0.3) is 0 Å². The fraction of sp³-hybridized carbons (Fsp3) is 0.947. The summed E-state index contributed by atoms with van der Waals surface area (Å²) in [6, 6.07) is 0. The summed E-state index contributed by atoms with van der Waals surface area (Å²) in [5, 5.41) is 10.6. The van der Waals surface area contributed by atoms with Crippen molar-refractivity contribution in [1.82, 2.24) is 0 Å². The van der Waals surface area contributed by atoms with Crippen LogP contribution < -0.4 is 0 Å². The van der Waals surface area contributed by atoms with Crippen LogP contribution in [-0.4, -0.2) is 96.7 Å². The van der Waals surface area contributed by atoms with Crippen LogP contribution in [0.3, 0.4) is 0 Å². The molecule has 0 rings (SSSR count). The highest BCUT2D eigenvalue weighted by atomic mass is 31.2. The zero-order valence-corrected chi connectivity index (χ0v) is 64.1. The van der Waals surface area contributed by atoms with E-state index in [1.165, 1.54) is 180 Å². The topological polar surface area (TPSA) is 237 Å². The lowest BCUT2D eigenvalue weighted by Crippen LogP contribution is -2.30. The molecular formula is C76H148O17P2. The van der Waals surface area contributed by atoms with Gasteiger partial charge in [-0.2, -0.15) is 0 Å². The summed E-state index contributed by atoms with van der Waals surface area (Å²) < 4.78 is 68.5. The molecule has 17 nitrogen and oxygen atoms in total. The van der Waals surface area contributed by atoms with E-state index in [2.05, 4.69) is 55.4 Å². The third-order valence-corrected chi connectivity index (χ3v) is 19.8. The van der Waals surface area contributed by atoms with Crippen LogP contribution >= 0.6 is 15.6 Å². The van der Waals surface area contributed by atoms with Crippen LogP contribution in [0.15, 0.2) is 0 Å². The number of aliphatic hydroxyl groups is 1. The molecule has 0 spiro atoms. The lowest BCUT2D eigenvalue weighted by atomic mass is 9.99. The SMILES string of the molecule is CCC(C)CCCCCCCCCCCCCCCCC(=O)O[C@H](COC(=O)CCCCCCCCCCCCCCCC(C)C)COP(=O)(O)OC[C@@H](O)COP(=O)(O)OC[C@@H](COC(=O)CCCCCCCCC(C)C)OC(=O)CCCCCCCCCCCC(C)C. The lowest BCUT2D eigenvalue weighted by molar-refractivity contribution is -0.161. The van der Waals surface area contributed by atoms with Gasteiger partial charge >= 0.3 is 39.5 Å². The second kappa shape index (κ2) is 65.4. The Balaban J connectivity index is 5.24. The number of hydrogen-bond donors (Lipinski definition) is 3. The van der Waals surface area contributed by atoms with Crippen molar-refractivity contribution >= 4 is 39.5 Å². The third kappa shape index (κ3) is 69.0. The largest absolute Gasteiger partial charge is 0.472 e. The first-order chi connectivity index (χ1) is 45.6. The van der Waals surface area contributed by atoms with E-state index in [-0.39, 0.29) is 25.7 Å². The normalized spacial score (nSPS) is 14.4. The van der Waals surface area contributed by atoms with Crippen LogP contribution in [0, 0.1) is 23.7 Å². The van der Waals surface area contributed by atoms with E-state index >= 15 is 0 Å². The van der Waals surface area contributed by atoms with Crippen LogP contribution in [0.4, 0.5) is 0 Å². The van der Waals surface area contributed by atoms with Crippen molar-refractivity contribution in [3.8, 4) is 0 Å². The second-order valence-electron chi connectivity index (χ2n) is 29.1. The molecule has 0 aromatic rings. The number of phosphoric ester groups is 2. The minimum atomic E-state index is -4.96. The molecule has 0 saturated heterocycles. The molecule has 0 heterocycles. The molecule has 0 aromatic carbocycles. The van der Waals surface area contributed by atoms with Gasteiger partial charge in [0, 0.05) is 25.7 Å². The molecule has 0 bridgehead atoms. The molecule has 0 aromatic heterocycles. The van der Waals surface area contributed by atoms with Gasteiger partial charge in [-0.25, -0.2) is 9.13 Å². The maximum Gasteiger partial charge on any atom is 0.472 e. The van der Waals surface area contributed by atoms with Gasteiger partial charge < -0.3 is 33.8 Å². The fourth-order valence-electron chi connectivity index (χ4n) is 11.5. The van der Waals surface area contributed by atoms with Gasteiger partial charge in [-0.3, -0.25) is 37.3 Å². The third-order valence-electron chi connectivity index (χ3n) is 17.9. The van der Waals surface area contributed by atoms with Crippen molar-refractivity contribution in [3.05, 3.63) is 0 Å². The quantitative estimate of drug-likeness (QED) is 0.0222. The number of aliphatic hydroxyl groups excluding tert-OH is 1. The Bertz CT molecular complexity index is 1870. The Morgan fingerprint density at radius 3 is 0.747 bits per heavy atom. The number of esters is 4. The average molecular weight is 1400 g/mol. The van der Waals surface area contributed by atoms with Gasteiger partial charge in [-0.05, 0) is 49.4 Å². The molecule has 0 fully saturated rings. The maximum atomic E-state index is 13.1. The predicted molar refractivity (Wildman–Crippen MR) is 386 cm³/mol. The Labute approximate surface area is 581 Å². The number of carbonyl (C=O) groups is 4. The summed E-state index contributed by atoms with van der Waals surface area (Å²) in [7, 11) is -9.91. The molecule has 0 aliphatic carbocycles. The zero-order valence-electron chi connectivity index (χ0n) is 62.3. The molecule has 0 radical (unpaired) electrons. The zero-order chi connectivity index (χ0) is 70.3. The molecule has 3 N–H and O–H groups in total. The minimum Gasteiger partial charge on any atom is -0.462 e. The van der Waals surface area contributed by atoms with E-state index in [1.807, 2.05) is 0 Å². The molecule has 0 amide bonds. The van der Waals surface area contributed by atoms with E-state index in [4.69, 9.17) is 37.0 Å². The van der Waals surface area contributed by atoms with Crippen molar-refractivity contribution in [2.24, 2.45) is 23.7 Å². The molecule has 564 valence electrons. The summed E-state index contributed by atoms with van der Waals surface area (Å²) in [6.07, 6.45) is 50.1. The monoisotopic (exact) mass is 1400 g/mol. The molecule has 95 heavy (non-hydrogen) atoms. The Morgan fingerprint density at radius 1 is 0.295 bits per heavy atom. The number of phosphoric acid groups is 2. The van der Waals surface area contributed by atoms with Gasteiger partial charge in [-0.15, -0.1) is 0 Å². The summed E-state index contributed by atoms with van der Waals surface area (Å²) in [5.41, 5.74) is 0. The highest BCUT2D eigenvalue weighted by Gasteiger charge is 2.30. The summed E-state index contributed by atoms with van der Waals surface area (Å²) in [5.74, 6) is 0.930. The molecule has 3 unspecified atom stereocenters. The second-order valence-corrected chi connectivity index (χ2v) is 32.0. The first-order valence-corrected chi connectivity index (χ1v) is 42.2. The van der Waals surface area contributed by atoms with Gasteiger partial charge in [0.15, 0.2) is 12.2 Å². The fourth-order valence-corrected chi connectivity index (χ4v) is 13.1. The van der Waals surface area contributed by atoms with Gasteiger partial charge in [0.2, 0.25) is 0 Å². The Morgan fingerprint density at radius 2 is 0.505 bits per heavy atom. The molecule has 0 aliphatic rings. The first-order valence-electron chi connectivity index (χ1n) is 39.2. The molecule has 0 saturated carbocycles. The van der Waals surface area contributed by atoms with E-state index < -0.39 is 97.5 Å². The smallest absolute Gasteiger partial charge is 0.462 e. The number of rotatable bonds is 73. The van der Waals surface area contributed by atoms with Crippen molar-refractivity contribution in [2.45, 2.75) is 401 Å². The molecule has 0 aliphatic heterocycles. The van der Waals surface area contributed by atoms with Crippen LogP contribution in [0.5, 0.6) is 0 Å². The number of hydrogen-bond acceptors (Lipinski definition) is 15. The maximum absolute atomic E-state index is 13.1.